The van der Waals surface area contributed by atoms with Gasteiger partial charge in [-0.05, 0) is 37.6 Å². The molecule has 0 amide bonds. The highest BCUT2D eigenvalue weighted by Crippen LogP contribution is 2.14. The molecule has 1 heterocycles. The molecule has 16 heavy (non-hydrogen) atoms. The zero-order valence-corrected chi connectivity index (χ0v) is 9.01. The molecule has 0 aromatic heterocycles. The molecule has 1 aromatic carbocycles. The van der Waals surface area contributed by atoms with Crippen LogP contribution >= 0.6 is 0 Å². The molecule has 1 fully saturated rings. The van der Waals surface area contributed by atoms with E-state index in [2.05, 4.69) is 5.32 Å². The van der Waals surface area contributed by atoms with Crippen molar-refractivity contribution in [3.8, 4) is 0 Å². The summed E-state index contributed by atoms with van der Waals surface area (Å²) >= 11 is 0. The van der Waals surface area contributed by atoms with Crippen molar-refractivity contribution in [3.63, 3.8) is 0 Å². The maximum atomic E-state index is 13.3. The first-order valence-corrected chi connectivity index (χ1v) is 5.52. The van der Waals surface area contributed by atoms with Gasteiger partial charge in [0, 0.05) is 12.1 Å². The predicted molar refractivity (Wildman–Crippen MR) is 57.0 cm³/mol. The Labute approximate surface area is 93.6 Å². The van der Waals surface area contributed by atoms with Gasteiger partial charge in [-0.1, -0.05) is 0 Å². The van der Waals surface area contributed by atoms with Crippen molar-refractivity contribution >= 4 is 0 Å². The Morgan fingerprint density at radius 3 is 3.00 bits per heavy atom. The molecule has 1 atom stereocenters. The molecular weight excluding hydrogens is 212 g/mol. The predicted octanol–water partition coefficient (Wildman–Crippen LogP) is 2.23. The van der Waals surface area contributed by atoms with Crippen molar-refractivity contribution in [2.24, 2.45) is 0 Å². The van der Waals surface area contributed by atoms with Crippen molar-refractivity contribution in [2.75, 3.05) is 13.1 Å². The zero-order valence-electron chi connectivity index (χ0n) is 9.01. The second-order valence-electron chi connectivity index (χ2n) is 4.02. The molecule has 0 bridgehead atoms. The summed E-state index contributed by atoms with van der Waals surface area (Å²) < 4.78 is 31.7. The van der Waals surface area contributed by atoms with Crippen LogP contribution < -0.4 is 5.32 Å². The third kappa shape index (κ3) is 3.00. The van der Waals surface area contributed by atoms with E-state index in [1.54, 1.807) is 0 Å². The molecule has 0 radical (unpaired) electrons. The van der Waals surface area contributed by atoms with Gasteiger partial charge < -0.3 is 10.1 Å². The van der Waals surface area contributed by atoms with Crippen molar-refractivity contribution < 1.29 is 13.5 Å². The van der Waals surface area contributed by atoms with Crippen LogP contribution in [0, 0.1) is 11.6 Å². The Bertz CT molecular complexity index is 351. The van der Waals surface area contributed by atoms with E-state index in [-0.39, 0.29) is 18.3 Å². The molecule has 1 unspecified atom stereocenters. The lowest BCUT2D eigenvalue weighted by Crippen LogP contribution is -2.35. The fourth-order valence-corrected chi connectivity index (χ4v) is 1.82. The Hall–Kier alpha value is -1.00. The first-order chi connectivity index (χ1) is 7.75. The van der Waals surface area contributed by atoms with E-state index in [0.29, 0.717) is 0 Å². The molecule has 0 saturated carbocycles. The maximum absolute atomic E-state index is 13.3. The molecule has 1 N–H and O–H groups in total. The Morgan fingerprint density at radius 2 is 2.25 bits per heavy atom. The average Bonchev–Trinajstić information content (AvgIpc) is 2.32. The van der Waals surface area contributed by atoms with Crippen LogP contribution in [-0.4, -0.2) is 19.2 Å². The first kappa shape index (κ1) is 11.5. The molecule has 1 aliphatic heterocycles. The van der Waals surface area contributed by atoms with Crippen LogP contribution in [0.25, 0.3) is 0 Å². The minimum atomic E-state index is -0.429. The van der Waals surface area contributed by atoms with Crippen molar-refractivity contribution in [1.29, 1.82) is 0 Å². The quantitative estimate of drug-likeness (QED) is 0.855. The van der Waals surface area contributed by atoms with Gasteiger partial charge in [-0.3, -0.25) is 0 Å². The zero-order chi connectivity index (χ0) is 11.4. The minimum Gasteiger partial charge on any atom is -0.372 e. The van der Waals surface area contributed by atoms with Crippen LogP contribution in [0.4, 0.5) is 8.78 Å². The van der Waals surface area contributed by atoms with Crippen molar-refractivity contribution in [2.45, 2.75) is 25.6 Å². The molecule has 1 aromatic rings. The highest BCUT2D eigenvalue weighted by molar-refractivity contribution is 5.17. The maximum Gasteiger partial charge on any atom is 0.128 e. The highest BCUT2D eigenvalue weighted by Gasteiger charge is 2.14. The number of rotatable bonds is 3. The molecule has 4 heteroatoms. The third-order valence-corrected chi connectivity index (χ3v) is 2.73. The summed E-state index contributed by atoms with van der Waals surface area (Å²) in [6.07, 6.45) is 2.15. The Morgan fingerprint density at radius 1 is 1.38 bits per heavy atom. The van der Waals surface area contributed by atoms with Crippen LogP contribution in [0.2, 0.25) is 0 Å². The molecular formula is C12H15F2NO. The van der Waals surface area contributed by atoms with E-state index in [0.717, 1.165) is 38.1 Å². The van der Waals surface area contributed by atoms with Gasteiger partial charge >= 0.3 is 0 Å². The smallest absolute Gasteiger partial charge is 0.128 e. The van der Waals surface area contributed by atoms with Gasteiger partial charge in [0.2, 0.25) is 0 Å². The summed E-state index contributed by atoms with van der Waals surface area (Å²) in [5.41, 5.74) is 0.283. The average molecular weight is 227 g/mol. The monoisotopic (exact) mass is 227 g/mol. The summed E-state index contributed by atoms with van der Waals surface area (Å²) in [7, 11) is 0. The van der Waals surface area contributed by atoms with E-state index < -0.39 is 11.6 Å². The normalized spacial score (nSPS) is 21.0. The van der Waals surface area contributed by atoms with E-state index in [1.165, 1.54) is 6.07 Å². The number of piperidine rings is 1. The van der Waals surface area contributed by atoms with Gasteiger partial charge in [-0.25, -0.2) is 8.78 Å². The molecule has 2 rings (SSSR count). The van der Waals surface area contributed by atoms with Crippen LogP contribution in [0.3, 0.4) is 0 Å². The molecule has 2 nitrogen and oxygen atoms in total. The van der Waals surface area contributed by atoms with E-state index in [1.807, 2.05) is 0 Å². The number of halogens is 2. The lowest BCUT2D eigenvalue weighted by atomic mass is 10.1. The van der Waals surface area contributed by atoms with Gasteiger partial charge in [0.15, 0.2) is 0 Å². The number of ether oxygens (including phenoxy) is 1. The van der Waals surface area contributed by atoms with Crippen molar-refractivity contribution in [1.82, 2.24) is 5.32 Å². The van der Waals surface area contributed by atoms with Crippen LogP contribution in [-0.2, 0) is 11.3 Å². The van der Waals surface area contributed by atoms with Gasteiger partial charge in [0.05, 0.1) is 12.7 Å². The first-order valence-electron chi connectivity index (χ1n) is 5.52. The second-order valence-corrected chi connectivity index (χ2v) is 4.02. The number of hydrogen-bond acceptors (Lipinski definition) is 2. The standard InChI is InChI=1S/C12H15F2NO/c13-10-3-4-12(14)9(6-10)8-16-11-2-1-5-15-7-11/h3-4,6,11,15H,1-2,5,7-8H2. The Kier molecular flexibility index (Phi) is 3.85. The molecule has 1 aliphatic rings. The fourth-order valence-electron chi connectivity index (χ4n) is 1.82. The molecule has 0 aliphatic carbocycles. The fraction of sp³-hybridized carbons (Fsp3) is 0.500. The molecule has 88 valence electrons. The van der Waals surface area contributed by atoms with Gasteiger partial charge in [-0.15, -0.1) is 0 Å². The van der Waals surface area contributed by atoms with E-state index in [4.69, 9.17) is 4.74 Å². The number of benzene rings is 1. The number of hydrogen-bond donors (Lipinski definition) is 1. The Balaban J connectivity index is 1.90. The summed E-state index contributed by atoms with van der Waals surface area (Å²) in [6, 6.07) is 3.43. The molecule has 1 saturated heterocycles. The topological polar surface area (TPSA) is 21.3 Å². The van der Waals surface area contributed by atoms with Gasteiger partial charge in [0.1, 0.15) is 11.6 Å². The van der Waals surface area contributed by atoms with Gasteiger partial charge in [0.25, 0.3) is 0 Å². The minimum absolute atomic E-state index is 0.108. The van der Waals surface area contributed by atoms with Crippen LogP contribution in [0.15, 0.2) is 18.2 Å². The highest BCUT2D eigenvalue weighted by atomic mass is 19.1. The third-order valence-electron chi connectivity index (χ3n) is 2.73. The lowest BCUT2D eigenvalue weighted by molar-refractivity contribution is 0.0238. The summed E-state index contributed by atoms with van der Waals surface area (Å²) in [5.74, 6) is -0.841. The number of nitrogens with one attached hydrogen (secondary N) is 1. The van der Waals surface area contributed by atoms with Gasteiger partial charge in [-0.2, -0.15) is 0 Å². The SMILES string of the molecule is Fc1ccc(F)c(COC2CCCNC2)c1. The van der Waals surface area contributed by atoms with Crippen LogP contribution in [0.1, 0.15) is 18.4 Å². The van der Waals surface area contributed by atoms with Crippen LogP contribution in [0.5, 0.6) is 0 Å². The largest absolute Gasteiger partial charge is 0.372 e. The molecule has 0 spiro atoms. The lowest BCUT2D eigenvalue weighted by Gasteiger charge is -2.23. The van der Waals surface area contributed by atoms with E-state index in [9.17, 15) is 8.78 Å². The summed E-state index contributed by atoms with van der Waals surface area (Å²) in [4.78, 5) is 0. The van der Waals surface area contributed by atoms with E-state index >= 15 is 0 Å². The summed E-state index contributed by atoms with van der Waals surface area (Å²) in [6.45, 7) is 1.93. The van der Waals surface area contributed by atoms with Crippen molar-refractivity contribution in [3.05, 3.63) is 35.4 Å². The second kappa shape index (κ2) is 5.37. The summed E-state index contributed by atoms with van der Waals surface area (Å²) in [5, 5.41) is 3.20.